The van der Waals surface area contributed by atoms with Crippen LogP contribution < -0.4 is 11.1 Å². The topological polar surface area (TPSA) is 141 Å². The minimum absolute atomic E-state index is 0.0581. The second kappa shape index (κ2) is 12.0. The van der Waals surface area contributed by atoms with Crippen molar-refractivity contribution in [2.24, 2.45) is 11.7 Å². The molecule has 2 heterocycles. The predicted molar refractivity (Wildman–Crippen MR) is 134 cm³/mol. The maximum atomic E-state index is 15.3. The average Bonchev–Trinajstić information content (AvgIpc) is 3.37. The molecule has 1 aromatic heterocycles. The van der Waals surface area contributed by atoms with E-state index in [0.29, 0.717) is 5.56 Å². The summed E-state index contributed by atoms with van der Waals surface area (Å²) in [7, 11) is 0. The number of hydrogen-bond acceptors (Lipinski definition) is 7. The quantitative estimate of drug-likeness (QED) is 0.446. The third-order valence-corrected chi connectivity index (χ3v) is 6.40. The first kappa shape index (κ1) is 29.2. The molecule has 1 saturated heterocycles. The van der Waals surface area contributed by atoms with Crippen LogP contribution in [0.3, 0.4) is 0 Å². The van der Waals surface area contributed by atoms with Gasteiger partial charge >= 0.3 is 6.03 Å². The zero-order chi connectivity index (χ0) is 28.1. The fourth-order valence-electron chi connectivity index (χ4n) is 4.34. The number of aromatic nitrogens is 2. The van der Waals surface area contributed by atoms with Gasteiger partial charge in [0.1, 0.15) is 0 Å². The Morgan fingerprint density at radius 1 is 1.21 bits per heavy atom. The summed E-state index contributed by atoms with van der Waals surface area (Å²) in [5.74, 6) is -6.10. The monoisotopic (exact) mass is 535 g/mol. The number of alkyl halides is 2. The van der Waals surface area contributed by atoms with E-state index < -0.39 is 59.9 Å². The van der Waals surface area contributed by atoms with E-state index in [1.165, 1.54) is 4.90 Å². The Balaban J connectivity index is 1.85. The van der Waals surface area contributed by atoms with Crippen molar-refractivity contribution in [3.05, 3.63) is 47.6 Å². The first-order chi connectivity index (χ1) is 17.8. The number of Topliss-reactive ketones (excluding diaryl/α,β-unsaturated/α-hetero) is 1. The average molecular weight is 536 g/mol. The van der Waals surface area contributed by atoms with Crippen molar-refractivity contribution < 1.29 is 32.4 Å². The molecule has 3 amide bonds. The smallest absolute Gasteiger partial charge is 0.315 e. The molecule has 1 aliphatic heterocycles. The Hall–Kier alpha value is -3.41. The molecule has 12 heteroatoms. The molecule has 0 bridgehead atoms. The van der Waals surface area contributed by atoms with Crippen LogP contribution in [0.25, 0.3) is 0 Å². The molecule has 2 unspecified atom stereocenters. The summed E-state index contributed by atoms with van der Waals surface area (Å²) in [5, 5.41) is 6.32. The number of urea groups is 1. The van der Waals surface area contributed by atoms with Crippen LogP contribution in [0.2, 0.25) is 0 Å². The third-order valence-electron chi connectivity index (χ3n) is 6.40. The molecule has 10 nitrogen and oxygen atoms in total. The first-order valence-corrected chi connectivity index (χ1v) is 12.6. The number of amides is 3. The van der Waals surface area contributed by atoms with Gasteiger partial charge in [0.15, 0.2) is 0 Å². The Labute approximate surface area is 220 Å². The van der Waals surface area contributed by atoms with Crippen LogP contribution in [0, 0.1) is 5.92 Å². The summed E-state index contributed by atoms with van der Waals surface area (Å²) in [5.41, 5.74) is 5.41. The van der Waals surface area contributed by atoms with E-state index in [1.807, 2.05) is 20.8 Å². The normalized spacial score (nSPS) is 18.1. The van der Waals surface area contributed by atoms with Crippen LogP contribution in [0.1, 0.15) is 62.6 Å². The van der Waals surface area contributed by atoms with Gasteiger partial charge in [-0.05, 0) is 12.0 Å². The molecule has 38 heavy (non-hydrogen) atoms. The van der Waals surface area contributed by atoms with Crippen molar-refractivity contribution in [3.8, 4) is 0 Å². The van der Waals surface area contributed by atoms with Crippen molar-refractivity contribution in [3.63, 3.8) is 0 Å². The number of carbonyl (C=O) groups excluding carboxylic acids is 3. The van der Waals surface area contributed by atoms with E-state index in [9.17, 15) is 14.4 Å². The van der Waals surface area contributed by atoms with Crippen LogP contribution in [-0.4, -0.2) is 70.5 Å². The largest absolute Gasteiger partial charge is 0.377 e. The van der Waals surface area contributed by atoms with Crippen LogP contribution in [0.4, 0.5) is 13.6 Å². The number of ketones is 1. The van der Waals surface area contributed by atoms with Gasteiger partial charge in [-0.1, -0.05) is 63.2 Å². The van der Waals surface area contributed by atoms with Gasteiger partial charge < -0.3 is 25.2 Å². The number of nitrogens with zero attached hydrogens (tertiary/aromatic N) is 3. The highest BCUT2D eigenvalue weighted by Crippen LogP contribution is 2.32. The second-order valence-electron chi connectivity index (χ2n) is 10.5. The Kier molecular flexibility index (Phi) is 9.18. The van der Waals surface area contributed by atoms with Crippen molar-refractivity contribution in [2.75, 3.05) is 19.8 Å². The first-order valence-electron chi connectivity index (χ1n) is 12.6. The Morgan fingerprint density at radius 2 is 1.89 bits per heavy atom. The van der Waals surface area contributed by atoms with Gasteiger partial charge in [0, 0.05) is 24.8 Å². The highest BCUT2D eigenvalue weighted by atomic mass is 19.3. The van der Waals surface area contributed by atoms with Crippen LogP contribution in [-0.2, 0) is 21.4 Å². The third kappa shape index (κ3) is 7.33. The van der Waals surface area contributed by atoms with E-state index in [4.69, 9.17) is 15.0 Å². The highest BCUT2D eigenvalue weighted by Gasteiger charge is 2.44. The number of primary amides is 1. The molecule has 0 spiro atoms. The summed E-state index contributed by atoms with van der Waals surface area (Å²) >= 11 is 0. The van der Waals surface area contributed by atoms with E-state index in [2.05, 4.69) is 15.5 Å². The van der Waals surface area contributed by atoms with Crippen LogP contribution in [0.5, 0.6) is 0 Å². The number of nitrogens with two attached hydrogens (primary N) is 1. The molecule has 1 fully saturated rings. The zero-order valence-electron chi connectivity index (χ0n) is 22.1. The number of rotatable bonds is 10. The minimum atomic E-state index is -3.30. The van der Waals surface area contributed by atoms with Gasteiger partial charge in [-0.2, -0.15) is 4.98 Å². The minimum Gasteiger partial charge on any atom is -0.377 e. The SMILES string of the molecule is CCC(NC(=O)[C@@H](CC(F)(F)Cc1ccccc1)C1COCCN1C(N)=O)C(=O)c1noc(C(C)(C)C)n1. The number of carbonyl (C=O) groups is 3. The lowest BCUT2D eigenvalue weighted by Crippen LogP contribution is -2.58. The fraction of sp³-hybridized carbons (Fsp3) is 0.577. The Bertz CT molecular complexity index is 1120. The molecule has 1 aromatic carbocycles. The summed E-state index contributed by atoms with van der Waals surface area (Å²) in [6.45, 7) is 7.25. The number of ether oxygens (including phenoxy) is 1. The molecular weight excluding hydrogens is 500 g/mol. The summed E-state index contributed by atoms with van der Waals surface area (Å²) in [6.07, 6.45) is -1.33. The lowest BCUT2D eigenvalue weighted by molar-refractivity contribution is -0.135. The fourth-order valence-corrected chi connectivity index (χ4v) is 4.34. The standard InChI is InChI=1S/C26H35F2N5O5/c1-5-18(20(34)21-31-23(38-32-21)25(2,3)4)30-22(35)17(19-15-37-12-11-33(19)24(29)36)14-26(27,28)13-16-9-7-6-8-10-16/h6-10,17-19H,5,11-15H2,1-4H3,(H2,29,36)(H,30,35)/t17-,18?,19?/m0/s1. The van der Waals surface area contributed by atoms with Gasteiger partial charge in [-0.25, -0.2) is 13.6 Å². The molecule has 0 saturated carbocycles. The number of benzene rings is 1. The summed E-state index contributed by atoms with van der Waals surface area (Å²) in [4.78, 5) is 44.0. The second-order valence-corrected chi connectivity index (χ2v) is 10.5. The van der Waals surface area contributed by atoms with Crippen molar-refractivity contribution in [1.82, 2.24) is 20.4 Å². The van der Waals surface area contributed by atoms with Crippen molar-refractivity contribution in [2.45, 2.75) is 70.4 Å². The molecule has 0 aliphatic carbocycles. The van der Waals surface area contributed by atoms with Gasteiger partial charge in [0.05, 0.1) is 31.2 Å². The van der Waals surface area contributed by atoms with E-state index >= 15 is 8.78 Å². The molecular formula is C26H35F2N5O5. The molecule has 0 radical (unpaired) electrons. The van der Waals surface area contributed by atoms with Crippen LogP contribution in [0.15, 0.2) is 34.9 Å². The van der Waals surface area contributed by atoms with Crippen LogP contribution >= 0.6 is 0 Å². The van der Waals surface area contributed by atoms with Gasteiger partial charge in [-0.3, -0.25) is 9.59 Å². The highest BCUT2D eigenvalue weighted by molar-refractivity contribution is 5.99. The summed E-state index contributed by atoms with van der Waals surface area (Å²) in [6, 6.07) is 5.21. The van der Waals surface area contributed by atoms with Gasteiger partial charge in [0.25, 0.3) is 5.92 Å². The number of morpholine rings is 1. The van der Waals surface area contributed by atoms with E-state index in [-0.39, 0.29) is 37.9 Å². The molecule has 3 N–H and O–H groups in total. The van der Waals surface area contributed by atoms with Crippen molar-refractivity contribution >= 4 is 17.7 Å². The molecule has 3 atom stereocenters. The number of nitrogens with one attached hydrogen (secondary N) is 1. The van der Waals surface area contributed by atoms with Gasteiger partial charge in [0.2, 0.25) is 23.4 Å². The van der Waals surface area contributed by atoms with Crippen molar-refractivity contribution in [1.29, 1.82) is 0 Å². The maximum Gasteiger partial charge on any atom is 0.315 e. The Morgan fingerprint density at radius 3 is 2.47 bits per heavy atom. The predicted octanol–water partition coefficient (Wildman–Crippen LogP) is 3.11. The molecule has 2 aromatic rings. The number of hydrogen-bond donors (Lipinski definition) is 2. The maximum absolute atomic E-state index is 15.3. The molecule has 3 rings (SSSR count). The lowest BCUT2D eigenvalue weighted by Gasteiger charge is -2.39. The van der Waals surface area contributed by atoms with E-state index in [1.54, 1.807) is 37.3 Å². The number of halogens is 2. The van der Waals surface area contributed by atoms with Gasteiger partial charge in [-0.15, -0.1) is 0 Å². The summed E-state index contributed by atoms with van der Waals surface area (Å²) < 4.78 is 41.2. The lowest BCUT2D eigenvalue weighted by atomic mass is 9.88. The molecule has 1 aliphatic rings. The van der Waals surface area contributed by atoms with E-state index in [0.717, 1.165) is 0 Å². The molecule has 208 valence electrons. The zero-order valence-corrected chi connectivity index (χ0v) is 22.1.